The molecule has 1 aliphatic rings. The van der Waals surface area contributed by atoms with Crippen LogP contribution in [0.5, 0.6) is 5.88 Å². The molecule has 1 fully saturated rings. The lowest BCUT2D eigenvalue weighted by atomic mass is 10.4. The Hall–Kier alpha value is -1.93. The number of morpholine rings is 1. The number of ether oxygens (including phenoxy) is 2. The third kappa shape index (κ3) is 5.82. The summed E-state index contributed by atoms with van der Waals surface area (Å²) in [5, 5.41) is 13.2. The molecule has 0 spiro atoms. The summed E-state index contributed by atoms with van der Waals surface area (Å²) in [7, 11) is 0. The molecule has 1 aromatic heterocycles. The maximum absolute atomic E-state index is 11.8. The molecule has 0 saturated carbocycles. The van der Waals surface area contributed by atoms with Crippen LogP contribution in [0, 0.1) is 0 Å². The average molecular weight is 309 g/mol. The van der Waals surface area contributed by atoms with E-state index in [0.717, 1.165) is 32.8 Å². The number of carbonyl (C=O) groups excluding carboxylic acids is 1. The summed E-state index contributed by atoms with van der Waals surface area (Å²) in [6, 6.07) is 3.04. The van der Waals surface area contributed by atoms with Crippen LogP contribution in [-0.4, -0.2) is 66.6 Å². The minimum absolute atomic E-state index is 0.0385. The van der Waals surface area contributed by atoms with Gasteiger partial charge in [0.2, 0.25) is 5.88 Å². The van der Waals surface area contributed by atoms with Gasteiger partial charge in [0, 0.05) is 32.2 Å². The maximum Gasteiger partial charge on any atom is 0.320 e. The van der Waals surface area contributed by atoms with Gasteiger partial charge in [-0.2, -0.15) is 0 Å². The predicted molar refractivity (Wildman–Crippen MR) is 82.1 cm³/mol. The number of anilines is 1. The molecule has 2 amide bonds. The molecule has 122 valence electrons. The largest absolute Gasteiger partial charge is 0.474 e. The van der Waals surface area contributed by atoms with Crippen molar-refractivity contribution in [3.8, 4) is 5.88 Å². The summed E-state index contributed by atoms with van der Waals surface area (Å²) in [6.45, 7) is 8.54. The molecule has 0 bridgehead atoms. The van der Waals surface area contributed by atoms with Crippen molar-refractivity contribution >= 4 is 11.8 Å². The van der Waals surface area contributed by atoms with E-state index in [-0.39, 0.29) is 12.1 Å². The average Bonchev–Trinajstić information content (AvgIpc) is 2.50. The normalized spacial score (nSPS) is 15.6. The SMILES string of the molecule is CC(C)Oc1ccc(NC(=O)NCCN2CCOCC2)nn1. The number of nitrogens with zero attached hydrogens (tertiary/aromatic N) is 3. The van der Waals surface area contributed by atoms with Crippen molar-refractivity contribution in [1.29, 1.82) is 0 Å². The highest BCUT2D eigenvalue weighted by atomic mass is 16.5. The van der Waals surface area contributed by atoms with Gasteiger partial charge in [-0.05, 0) is 19.9 Å². The first-order valence-electron chi connectivity index (χ1n) is 7.49. The maximum atomic E-state index is 11.8. The molecule has 1 aliphatic heterocycles. The van der Waals surface area contributed by atoms with Gasteiger partial charge in [0.1, 0.15) is 0 Å². The first kappa shape index (κ1) is 16.4. The number of rotatable bonds is 6. The molecule has 2 N–H and O–H groups in total. The van der Waals surface area contributed by atoms with Gasteiger partial charge in [-0.3, -0.25) is 10.2 Å². The van der Waals surface area contributed by atoms with E-state index >= 15 is 0 Å². The number of urea groups is 1. The third-order valence-corrected chi connectivity index (χ3v) is 3.06. The van der Waals surface area contributed by atoms with E-state index in [0.29, 0.717) is 18.2 Å². The zero-order valence-corrected chi connectivity index (χ0v) is 13.0. The molecule has 2 rings (SSSR count). The minimum atomic E-state index is -0.292. The molecule has 0 aliphatic carbocycles. The topological polar surface area (TPSA) is 88.6 Å². The second kappa shape index (κ2) is 8.50. The Morgan fingerprint density at radius 2 is 2.14 bits per heavy atom. The van der Waals surface area contributed by atoms with Crippen molar-refractivity contribution in [3.05, 3.63) is 12.1 Å². The van der Waals surface area contributed by atoms with Crippen molar-refractivity contribution < 1.29 is 14.3 Å². The van der Waals surface area contributed by atoms with Crippen molar-refractivity contribution in [3.63, 3.8) is 0 Å². The number of carbonyl (C=O) groups is 1. The first-order chi connectivity index (χ1) is 10.6. The summed E-state index contributed by atoms with van der Waals surface area (Å²) in [4.78, 5) is 14.0. The third-order valence-electron chi connectivity index (χ3n) is 3.06. The fourth-order valence-corrected chi connectivity index (χ4v) is 2.00. The predicted octanol–water partition coefficient (Wildman–Crippen LogP) is 0.717. The Bertz CT molecular complexity index is 460. The standard InChI is InChI=1S/C14H23N5O3/c1-11(2)22-13-4-3-12(17-18-13)16-14(20)15-5-6-19-7-9-21-10-8-19/h3-4,11H,5-10H2,1-2H3,(H2,15,16,17,20). The number of hydrogen-bond acceptors (Lipinski definition) is 6. The monoisotopic (exact) mass is 309 g/mol. The van der Waals surface area contributed by atoms with Crippen LogP contribution in [0.4, 0.5) is 10.6 Å². The van der Waals surface area contributed by atoms with Gasteiger partial charge < -0.3 is 14.8 Å². The fourth-order valence-electron chi connectivity index (χ4n) is 2.00. The van der Waals surface area contributed by atoms with Crippen LogP contribution in [0.25, 0.3) is 0 Å². The number of amides is 2. The number of aromatic nitrogens is 2. The molecule has 22 heavy (non-hydrogen) atoms. The van der Waals surface area contributed by atoms with E-state index in [2.05, 4.69) is 25.7 Å². The van der Waals surface area contributed by atoms with E-state index in [1.165, 1.54) is 0 Å². The Morgan fingerprint density at radius 3 is 2.77 bits per heavy atom. The van der Waals surface area contributed by atoms with Crippen LogP contribution in [0.15, 0.2) is 12.1 Å². The second-order valence-electron chi connectivity index (χ2n) is 5.26. The lowest BCUT2D eigenvalue weighted by Gasteiger charge is -2.26. The van der Waals surface area contributed by atoms with Gasteiger partial charge in [-0.1, -0.05) is 0 Å². The Labute approximate surface area is 130 Å². The van der Waals surface area contributed by atoms with Crippen LogP contribution in [0.3, 0.4) is 0 Å². The molecule has 0 unspecified atom stereocenters. The zero-order valence-electron chi connectivity index (χ0n) is 13.0. The fraction of sp³-hybridized carbons (Fsp3) is 0.643. The number of hydrogen-bond donors (Lipinski definition) is 2. The van der Waals surface area contributed by atoms with Crippen LogP contribution in [0.1, 0.15) is 13.8 Å². The summed E-state index contributed by atoms with van der Waals surface area (Å²) in [5.41, 5.74) is 0. The van der Waals surface area contributed by atoms with Crippen molar-refractivity contribution in [2.75, 3.05) is 44.7 Å². The highest BCUT2D eigenvalue weighted by Gasteiger charge is 2.10. The van der Waals surface area contributed by atoms with Crippen LogP contribution in [-0.2, 0) is 4.74 Å². The molecular weight excluding hydrogens is 286 g/mol. The summed E-state index contributed by atoms with van der Waals surface area (Å²) < 4.78 is 10.7. The molecule has 2 heterocycles. The quantitative estimate of drug-likeness (QED) is 0.805. The van der Waals surface area contributed by atoms with Gasteiger partial charge in [0.25, 0.3) is 0 Å². The lowest BCUT2D eigenvalue weighted by Crippen LogP contribution is -2.42. The second-order valence-corrected chi connectivity index (χ2v) is 5.26. The number of nitrogens with one attached hydrogen (secondary N) is 2. The highest BCUT2D eigenvalue weighted by molar-refractivity contribution is 5.88. The Morgan fingerprint density at radius 1 is 1.36 bits per heavy atom. The van der Waals surface area contributed by atoms with Gasteiger partial charge in [-0.15, -0.1) is 10.2 Å². The zero-order chi connectivity index (χ0) is 15.8. The lowest BCUT2D eigenvalue weighted by molar-refractivity contribution is 0.0388. The summed E-state index contributed by atoms with van der Waals surface area (Å²) in [5.74, 6) is 0.827. The van der Waals surface area contributed by atoms with E-state index in [1.807, 2.05) is 13.8 Å². The molecule has 0 radical (unpaired) electrons. The van der Waals surface area contributed by atoms with E-state index < -0.39 is 0 Å². The smallest absolute Gasteiger partial charge is 0.320 e. The Balaban J connectivity index is 1.67. The van der Waals surface area contributed by atoms with E-state index in [9.17, 15) is 4.79 Å². The molecule has 8 heteroatoms. The summed E-state index contributed by atoms with van der Waals surface area (Å²) >= 11 is 0. The first-order valence-corrected chi connectivity index (χ1v) is 7.49. The molecule has 0 aromatic carbocycles. The molecule has 1 saturated heterocycles. The van der Waals surface area contributed by atoms with Crippen LogP contribution in [0.2, 0.25) is 0 Å². The Kier molecular flexibility index (Phi) is 6.35. The van der Waals surface area contributed by atoms with Gasteiger partial charge in [0.05, 0.1) is 19.3 Å². The van der Waals surface area contributed by atoms with Gasteiger partial charge >= 0.3 is 6.03 Å². The van der Waals surface area contributed by atoms with Crippen LogP contribution < -0.4 is 15.4 Å². The van der Waals surface area contributed by atoms with E-state index in [1.54, 1.807) is 12.1 Å². The molecule has 0 atom stereocenters. The highest BCUT2D eigenvalue weighted by Crippen LogP contribution is 2.09. The molecular formula is C14H23N5O3. The molecule has 1 aromatic rings. The van der Waals surface area contributed by atoms with Crippen molar-refractivity contribution in [2.24, 2.45) is 0 Å². The van der Waals surface area contributed by atoms with Gasteiger partial charge in [-0.25, -0.2) is 4.79 Å². The van der Waals surface area contributed by atoms with Crippen LogP contribution >= 0.6 is 0 Å². The van der Waals surface area contributed by atoms with E-state index in [4.69, 9.17) is 9.47 Å². The van der Waals surface area contributed by atoms with Gasteiger partial charge in [0.15, 0.2) is 5.82 Å². The minimum Gasteiger partial charge on any atom is -0.474 e. The molecule has 8 nitrogen and oxygen atoms in total. The summed E-state index contributed by atoms with van der Waals surface area (Å²) in [6.07, 6.45) is 0.0385. The van der Waals surface area contributed by atoms with Crippen molar-refractivity contribution in [2.45, 2.75) is 20.0 Å². The van der Waals surface area contributed by atoms with Crippen molar-refractivity contribution in [1.82, 2.24) is 20.4 Å².